The Morgan fingerprint density at radius 1 is 1.24 bits per heavy atom. The van der Waals surface area contributed by atoms with Gasteiger partial charge < -0.3 is 24.1 Å². The van der Waals surface area contributed by atoms with E-state index in [0.29, 0.717) is 6.42 Å². The van der Waals surface area contributed by atoms with Gasteiger partial charge in [0.25, 0.3) is 0 Å². The first kappa shape index (κ1) is 13.2. The monoisotopic (exact) mass is 246 g/mol. The maximum atomic E-state index is 10.0. The van der Waals surface area contributed by atoms with Crippen molar-refractivity contribution in [2.75, 3.05) is 13.7 Å². The largest absolute Gasteiger partial charge is 0.388 e. The third kappa shape index (κ3) is 3.39. The third-order valence-electron chi connectivity index (χ3n) is 3.38. The summed E-state index contributed by atoms with van der Waals surface area (Å²) in [5.74, 6) is 0. The minimum absolute atomic E-state index is 0.189. The van der Waals surface area contributed by atoms with E-state index >= 15 is 0 Å². The van der Waals surface area contributed by atoms with Crippen LogP contribution in [0.1, 0.15) is 32.6 Å². The van der Waals surface area contributed by atoms with Gasteiger partial charge in [0.15, 0.2) is 12.6 Å². The summed E-state index contributed by atoms with van der Waals surface area (Å²) in [5, 5.41) is 10.0. The van der Waals surface area contributed by atoms with Crippen molar-refractivity contribution in [2.24, 2.45) is 0 Å². The van der Waals surface area contributed by atoms with Crippen molar-refractivity contribution in [3.8, 4) is 0 Å². The molecule has 2 fully saturated rings. The summed E-state index contributed by atoms with van der Waals surface area (Å²) in [6.45, 7) is 2.57. The molecule has 100 valence electrons. The van der Waals surface area contributed by atoms with Gasteiger partial charge in [-0.15, -0.1) is 0 Å². The molecule has 1 unspecified atom stereocenters. The third-order valence-corrected chi connectivity index (χ3v) is 3.38. The van der Waals surface area contributed by atoms with Crippen molar-refractivity contribution in [1.29, 1.82) is 0 Å². The van der Waals surface area contributed by atoms with Crippen molar-refractivity contribution in [3.05, 3.63) is 0 Å². The van der Waals surface area contributed by atoms with E-state index in [9.17, 15) is 5.11 Å². The van der Waals surface area contributed by atoms with Gasteiger partial charge >= 0.3 is 0 Å². The van der Waals surface area contributed by atoms with Crippen LogP contribution < -0.4 is 0 Å². The number of hydrogen-bond acceptors (Lipinski definition) is 5. The summed E-state index contributed by atoms with van der Waals surface area (Å²) in [7, 11) is 1.60. The lowest BCUT2D eigenvalue weighted by Gasteiger charge is -2.39. The molecule has 5 nitrogen and oxygen atoms in total. The van der Waals surface area contributed by atoms with Crippen molar-refractivity contribution < 1.29 is 24.1 Å². The van der Waals surface area contributed by atoms with Crippen LogP contribution in [-0.4, -0.2) is 49.7 Å². The van der Waals surface area contributed by atoms with Crippen LogP contribution in [0, 0.1) is 0 Å². The van der Waals surface area contributed by atoms with Crippen molar-refractivity contribution in [2.45, 2.75) is 63.5 Å². The highest BCUT2D eigenvalue weighted by atomic mass is 16.7. The zero-order valence-corrected chi connectivity index (χ0v) is 10.5. The summed E-state index contributed by atoms with van der Waals surface area (Å²) in [5.41, 5.74) is 0. The van der Waals surface area contributed by atoms with E-state index < -0.39 is 6.10 Å². The van der Waals surface area contributed by atoms with Crippen LogP contribution in [0.15, 0.2) is 0 Å². The van der Waals surface area contributed by atoms with Crippen LogP contribution >= 0.6 is 0 Å². The van der Waals surface area contributed by atoms with Crippen LogP contribution in [0.25, 0.3) is 0 Å². The summed E-state index contributed by atoms with van der Waals surface area (Å²) in [6, 6.07) is 0. The average molecular weight is 246 g/mol. The summed E-state index contributed by atoms with van der Waals surface area (Å²) in [4.78, 5) is 0. The maximum Gasteiger partial charge on any atom is 0.160 e. The van der Waals surface area contributed by atoms with Gasteiger partial charge in [0.1, 0.15) is 6.10 Å². The maximum absolute atomic E-state index is 10.0. The molecular formula is C12H22O5. The molecule has 0 amide bonds. The first-order chi connectivity index (χ1) is 8.20. The molecule has 0 aromatic heterocycles. The van der Waals surface area contributed by atoms with Crippen LogP contribution in [-0.2, 0) is 18.9 Å². The second-order valence-electron chi connectivity index (χ2n) is 4.70. The van der Waals surface area contributed by atoms with Gasteiger partial charge in [-0.2, -0.15) is 0 Å². The minimum atomic E-state index is -0.619. The molecule has 2 aliphatic rings. The van der Waals surface area contributed by atoms with E-state index in [1.54, 1.807) is 7.11 Å². The highest BCUT2D eigenvalue weighted by Crippen LogP contribution is 2.26. The van der Waals surface area contributed by atoms with Gasteiger partial charge in [-0.1, -0.05) is 0 Å². The van der Waals surface area contributed by atoms with E-state index in [1.807, 2.05) is 6.92 Å². The second-order valence-corrected chi connectivity index (χ2v) is 4.70. The number of hydrogen-bond donors (Lipinski definition) is 1. The molecule has 0 bridgehead atoms. The SMILES string of the molecule is CO[C@@H]1C[C@H](OC2CCCCO2)[C@H](O)[C@@H](C)O1. The van der Waals surface area contributed by atoms with Crippen LogP contribution in [0.3, 0.4) is 0 Å². The Bertz CT molecular complexity index is 229. The fraction of sp³-hybridized carbons (Fsp3) is 1.00. The lowest BCUT2D eigenvalue weighted by atomic mass is 10.0. The van der Waals surface area contributed by atoms with E-state index in [-0.39, 0.29) is 24.8 Å². The molecule has 2 aliphatic heterocycles. The van der Waals surface area contributed by atoms with Gasteiger partial charge in [-0.05, 0) is 26.2 Å². The molecule has 0 spiro atoms. The molecular weight excluding hydrogens is 224 g/mol. The van der Waals surface area contributed by atoms with Gasteiger partial charge in [0, 0.05) is 20.1 Å². The average Bonchev–Trinajstić information content (AvgIpc) is 2.36. The fourth-order valence-electron chi connectivity index (χ4n) is 2.31. The molecule has 1 N–H and O–H groups in total. The molecule has 0 aromatic carbocycles. The lowest BCUT2D eigenvalue weighted by Crippen LogP contribution is -2.50. The molecule has 5 atom stereocenters. The number of aliphatic hydroxyl groups is 1. The summed E-state index contributed by atoms with van der Waals surface area (Å²) in [6.07, 6.45) is 1.99. The Labute approximate surface area is 102 Å². The molecule has 0 saturated carbocycles. The number of methoxy groups -OCH3 is 1. The van der Waals surface area contributed by atoms with Crippen molar-refractivity contribution in [1.82, 2.24) is 0 Å². The van der Waals surface area contributed by atoms with E-state index in [0.717, 1.165) is 25.9 Å². The highest BCUT2D eigenvalue weighted by Gasteiger charge is 2.37. The van der Waals surface area contributed by atoms with Gasteiger partial charge in [-0.25, -0.2) is 0 Å². The molecule has 2 rings (SSSR count). The van der Waals surface area contributed by atoms with Crippen molar-refractivity contribution >= 4 is 0 Å². The van der Waals surface area contributed by atoms with E-state index in [4.69, 9.17) is 18.9 Å². The zero-order valence-electron chi connectivity index (χ0n) is 10.5. The number of aliphatic hydroxyl groups excluding tert-OH is 1. The Balaban J connectivity index is 1.88. The van der Waals surface area contributed by atoms with Gasteiger partial charge in [0.2, 0.25) is 0 Å². The van der Waals surface area contributed by atoms with Crippen LogP contribution in [0.4, 0.5) is 0 Å². The predicted octanol–water partition coefficient (Wildman–Crippen LogP) is 1.04. The molecule has 2 heterocycles. The first-order valence-electron chi connectivity index (χ1n) is 6.34. The predicted molar refractivity (Wildman–Crippen MR) is 60.4 cm³/mol. The second kappa shape index (κ2) is 6.11. The first-order valence-corrected chi connectivity index (χ1v) is 6.34. The molecule has 0 aliphatic carbocycles. The van der Waals surface area contributed by atoms with Crippen molar-refractivity contribution in [3.63, 3.8) is 0 Å². The van der Waals surface area contributed by atoms with E-state index in [1.165, 1.54) is 0 Å². The molecule has 0 radical (unpaired) electrons. The summed E-state index contributed by atoms with van der Waals surface area (Å²) >= 11 is 0. The Kier molecular flexibility index (Phi) is 4.76. The molecule has 0 aromatic rings. The minimum Gasteiger partial charge on any atom is -0.388 e. The summed E-state index contributed by atoms with van der Waals surface area (Å²) < 4.78 is 22.0. The van der Waals surface area contributed by atoms with Gasteiger partial charge in [0.05, 0.1) is 12.2 Å². The molecule has 5 heteroatoms. The Morgan fingerprint density at radius 3 is 2.71 bits per heavy atom. The number of ether oxygens (including phenoxy) is 4. The van der Waals surface area contributed by atoms with Crippen LogP contribution in [0.2, 0.25) is 0 Å². The highest BCUT2D eigenvalue weighted by molar-refractivity contribution is 4.82. The smallest absolute Gasteiger partial charge is 0.160 e. The molecule has 17 heavy (non-hydrogen) atoms. The molecule has 2 saturated heterocycles. The normalized spacial score (nSPS) is 43.6. The van der Waals surface area contributed by atoms with Crippen LogP contribution in [0.5, 0.6) is 0 Å². The Morgan fingerprint density at radius 2 is 2.06 bits per heavy atom. The van der Waals surface area contributed by atoms with Gasteiger partial charge in [-0.3, -0.25) is 0 Å². The van der Waals surface area contributed by atoms with E-state index in [2.05, 4.69) is 0 Å². The number of rotatable bonds is 3. The zero-order chi connectivity index (χ0) is 12.3. The lowest BCUT2D eigenvalue weighted by molar-refractivity contribution is -0.280. The topological polar surface area (TPSA) is 57.2 Å². The quantitative estimate of drug-likeness (QED) is 0.806. The Hall–Kier alpha value is -0.200. The fourth-order valence-corrected chi connectivity index (χ4v) is 2.31. The standard InChI is InChI=1S/C12H22O5/c1-8-12(13)9(7-11(14-2)16-8)17-10-5-3-4-6-15-10/h8-13H,3-7H2,1-2H3/t8-,9+,10?,11+,12-/m1/s1.